The number of carbonyl (C=O) groups is 1. The number of nitrogens with zero attached hydrogens (tertiary/aromatic N) is 1. The molecule has 0 radical (unpaired) electrons. The molecule has 1 fully saturated rings. The fourth-order valence-corrected chi connectivity index (χ4v) is 4.14. The highest BCUT2D eigenvalue weighted by Gasteiger charge is 2.34. The molecular formula is C18H15F2NO3S. The third kappa shape index (κ3) is 3.16. The second-order valence-electron chi connectivity index (χ2n) is 5.82. The predicted molar refractivity (Wildman–Crippen MR) is 89.5 cm³/mol. The third-order valence-electron chi connectivity index (χ3n) is 4.17. The van der Waals surface area contributed by atoms with E-state index in [0.717, 1.165) is 23.8 Å². The molecule has 0 bridgehead atoms. The molecule has 7 heteroatoms. The van der Waals surface area contributed by atoms with Gasteiger partial charge in [-0.15, -0.1) is 11.8 Å². The highest BCUT2D eigenvalue weighted by Crippen LogP contribution is 2.42. The summed E-state index contributed by atoms with van der Waals surface area (Å²) in [6.07, 6.45) is 0. The molecule has 2 aliphatic rings. The van der Waals surface area contributed by atoms with Gasteiger partial charge in [0.25, 0.3) is 0 Å². The van der Waals surface area contributed by atoms with Crippen LogP contribution in [0.15, 0.2) is 36.4 Å². The van der Waals surface area contributed by atoms with Crippen molar-refractivity contribution in [3.8, 4) is 11.5 Å². The Morgan fingerprint density at radius 3 is 2.72 bits per heavy atom. The standard InChI is InChI=1S/C18H15F2NO3S/c19-13-2-3-14(20)12(7-13)9-21-17(22)10-25-18(21)11-1-4-15-16(8-11)24-6-5-23-15/h1-4,7-8,18H,5-6,9-10H2. The van der Waals surface area contributed by atoms with Gasteiger partial charge in [-0.3, -0.25) is 4.79 Å². The van der Waals surface area contributed by atoms with E-state index < -0.39 is 11.6 Å². The quantitative estimate of drug-likeness (QED) is 0.837. The van der Waals surface area contributed by atoms with E-state index in [2.05, 4.69) is 0 Å². The lowest BCUT2D eigenvalue weighted by atomic mass is 10.1. The van der Waals surface area contributed by atoms with Crippen molar-refractivity contribution in [1.82, 2.24) is 4.90 Å². The van der Waals surface area contributed by atoms with Gasteiger partial charge in [0.2, 0.25) is 5.91 Å². The van der Waals surface area contributed by atoms with Crippen molar-refractivity contribution in [2.24, 2.45) is 0 Å². The van der Waals surface area contributed by atoms with Gasteiger partial charge in [0.1, 0.15) is 30.2 Å². The van der Waals surface area contributed by atoms with Crippen LogP contribution < -0.4 is 9.47 Å². The molecule has 0 saturated carbocycles. The van der Waals surface area contributed by atoms with Gasteiger partial charge in [0.05, 0.1) is 12.3 Å². The van der Waals surface area contributed by atoms with Crippen molar-refractivity contribution in [1.29, 1.82) is 0 Å². The first kappa shape index (κ1) is 16.2. The Balaban J connectivity index is 1.62. The number of ether oxygens (including phenoxy) is 2. The minimum Gasteiger partial charge on any atom is -0.486 e. The molecule has 1 amide bonds. The molecule has 4 rings (SSSR count). The first-order valence-electron chi connectivity index (χ1n) is 7.86. The molecule has 2 aromatic rings. The van der Waals surface area contributed by atoms with Gasteiger partial charge in [0.15, 0.2) is 11.5 Å². The van der Waals surface area contributed by atoms with Crippen molar-refractivity contribution < 1.29 is 23.0 Å². The molecule has 1 saturated heterocycles. The SMILES string of the molecule is O=C1CSC(c2ccc3c(c2)OCCO3)N1Cc1cc(F)ccc1F. The third-order valence-corrected chi connectivity index (χ3v) is 5.42. The van der Waals surface area contributed by atoms with Gasteiger partial charge >= 0.3 is 0 Å². The van der Waals surface area contributed by atoms with Crippen LogP contribution >= 0.6 is 11.8 Å². The van der Waals surface area contributed by atoms with Crippen molar-refractivity contribution in [2.75, 3.05) is 19.0 Å². The van der Waals surface area contributed by atoms with Crippen LogP contribution in [0.25, 0.3) is 0 Å². The van der Waals surface area contributed by atoms with Crippen LogP contribution in [0.4, 0.5) is 8.78 Å². The molecule has 2 aliphatic heterocycles. The fourth-order valence-electron chi connectivity index (χ4n) is 2.96. The summed E-state index contributed by atoms with van der Waals surface area (Å²) in [6, 6.07) is 8.81. The Hall–Kier alpha value is -2.28. The first-order valence-corrected chi connectivity index (χ1v) is 8.91. The monoisotopic (exact) mass is 363 g/mol. The normalized spacial score (nSPS) is 19.4. The Morgan fingerprint density at radius 2 is 1.88 bits per heavy atom. The summed E-state index contributed by atoms with van der Waals surface area (Å²) in [5.74, 6) is 0.468. The molecular weight excluding hydrogens is 348 g/mol. The summed E-state index contributed by atoms with van der Waals surface area (Å²) < 4.78 is 38.5. The average molecular weight is 363 g/mol. The number of carbonyl (C=O) groups excluding carboxylic acids is 1. The first-order chi connectivity index (χ1) is 12.1. The summed E-state index contributed by atoms with van der Waals surface area (Å²) in [6.45, 7) is 1.01. The Bertz CT molecular complexity index is 830. The molecule has 25 heavy (non-hydrogen) atoms. The average Bonchev–Trinajstić information content (AvgIpc) is 2.98. The number of halogens is 2. The lowest BCUT2D eigenvalue weighted by Crippen LogP contribution is -2.28. The minimum absolute atomic E-state index is 0.0224. The maximum absolute atomic E-state index is 14.0. The van der Waals surface area contributed by atoms with Crippen molar-refractivity contribution >= 4 is 17.7 Å². The Morgan fingerprint density at radius 1 is 1.08 bits per heavy atom. The molecule has 0 N–H and O–H groups in total. The molecule has 4 nitrogen and oxygen atoms in total. The topological polar surface area (TPSA) is 38.8 Å². The van der Waals surface area contributed by atoms with E-state index in [1.54, 1.807) is 4.90 Å². The number of rotatable bonds is 3. The van der Waals surface area contributed by atoms with Crippen LogP contribution in [0, 0.1) is 11.6 Å². The molecule has 0 aromatic heterocycles. The number of thioether (sulfide) groups is 1. The van der Waals surface area contributed by atoms with E-state index in [1.807, 2.05) is 18.2 Å². The van der Waals surface area contributed by atoms with Gasteiger partial charge in [-0.1, -0.05) is 6.07 Å². The van der Waals surface area contributed by atoms with Gasteiger partial charge in [-0.05, 0) is 35.9 Å². The van der Waals surface area contributed by atoms with Gasteiger partial charge in [0, 0.05) is 5.56 Å². The largest absolute Gasteiger partial charge is 0.486 e. The zero-order chi connectivity index (χ0) is 17.4. The van der Waals surface area contributed by atoms with Crippen molar-refractivity contribution in [3.05, 3.63) is 59.2 Å². The lowest BCUT2D eigenvalue weighted by molar-refractivity contribution is -0.128. The van der Waals surface area contributed by atoms with E-state index >= 15 is 0 Å². The lowest BCUT2D eigenvalue weighted by Gasteiger charge is -2.26. The van der Waals surface area contributed by atoms with Gasteiger partial charge < -0.3 is 14.4 Å². The molecule has 2 heterocycles. The van der Waals surface area contributed by atoms with Crippen LogP contribution in [0.3, 0.4) is 0 Å². The maximum atomic E-state index is 14.0. The summed E-state index contributed by atoms with van der Waals surface area (Å²) >= 11 is 1.46. The Labute approximate surface area is 147 Å². The molecule has 0 spiro atoms. The zero-order valence-electron chi connectivity index (χ0n) is 13.2. The predicted octanol–water partition coefficient (Wildman–Crippen LogP) is 3.51. The van der Waals surface area contributed by atoms with Crippen LogP contribution in [-0.4, -0.2) is 29.8 Å². The number of hydrogen-bond acceptors (Lipinski definition) is 4. The Kier molecular flexibility index (Phi) is 4.25. The number of fused-ring (bicyclic) bond motifs is 1. The van der Waals surface area contributed by atoms with E-state index in [-0.39, 0.29) is 23.4 Å². The van der Waals surface area contributed by atoms with E-state index in [0.29, 0.717) is 30.5 Å². The summed E-state index contributed by atoms with van der Waals surface area (Å²) in [7, 11) is 0. The highest BCUT2D eigenvalue weighted by molar-refractivity contribution is 8.00. The van der Waals surface area contributed by atoms with E-state index in [1.165, 1.54) is 11.8 Å². The fraction of sp³-hybridized carbons (Fsp3) is 0.278. The second-order valence-corrected chi connectivity index (χ2v) is 6.89. The number of amides is 1. The summed E-state index contributed by atoms with van der Waals surface area (Å²) in [5.41, 5.74) is 1.04. The van der Waals surface area contributed by atoms with Crippen LogP contribution in [0.1, 0.15) is 16.5 Å². The highest BCUT2D eigenvalue weighted by atomic mass is 32.2. The van der Waals surface area contributed by atoms with Crippen molar-refractivity contribution in [2.45, 2.75) is 11.9 Å². The molecule has 1 unspecified atom stereocenters. The molecule has 130 valence electrons. The summed E-state index contributed by atoms with van der Waals surface area (Å²) in [5, 5.41) is -0.272. The zero-order valence-corrected chi connectivity index (χ0v) is 14.0. The number of benzene rings is 2. The molecule has 1 atom stereocenters. The molecule has 2 aromatic carbocycles. The number of hydrogen-bond donors (Lipinski definition) is 0. The second kappa shape index (κ2) is 6.55. The summed E-state index contributed by atoms with van der Waals surface area (Å²) in [4.78, 5) is 13.8. The van der Waals surface area contributed by atoms with Crippen LogP contribution in [0.2, 0.25) is 0 Å². The molecule has 0 aliphatic carbocycles. The van der Waals surface area contributed by atoms with Gasteiger partial charge in [-0.25, -0.2) is 8.78 Å². The van der Waals surface area contributed by atoms with Gasteiger partial charge in [-0.2, -0.15) is 0 Å². The van der Waals surface area contributed by atoms with E-state index in [4.69, 9.17) is 9.47 Å². The van der Waals surface area contributed by atoms with Crippen LogP contribution in [-0.2, 0) is 11.3 Å². The maximum Gasteiger partial charge on any atom is 0.234 e. The minimum atomic E-state index is -0.522. The van der Waals surface area contributed by atoms with E-state index in [9.17, 15) is 13.6 Å². The smallest absolute Gasteiger partial charge is 0.234 e. The van der Waals surface area contributed by atoms with Crippen molar-refractivity contribution in [3.63, 3.8) is 0 Å². The van der Waals surface area contributed by atoms with Crippen LogP contribution in [0.5, 0.6) is 11.5 Å².